The molecule has 98 valence electrons. The molecule has 2 aromatic carbocycles. The topological polar surface area (TPSA) is 35.2 Å². The third-order valence-electron chi connectivity index (χ3n) is 3.49. The Labute approximate surface area is 112 Å². The Morgan fingerprint density at radius 1 is 1.16 bits per heavy atom. The maximum Gasteiger partial charge on any atom is 0.127 e. The monoisotopic (exact) mass is 257 g/mol. The van der Waals surface area contributed by atoms with Gasteiger partial charge in [0.25, 0.3) is 0 Å². The fourth-order valence-electron chi connectivity index (χ4n) is 2.56. The van der Waals surface area contributed by atoms with Crippen LogP contribution in [0.15, 0.2) is 48.5 Å². The molecule has 3 rings (SSSR count). The van der Waals surface area contributed by atoms with Gasteiger partial charge in [-0.05, 0) is 11.6 Å². The van der Waals surface area contributed by atoms with Gasteiger partial charge in [0.2, 0.25) is 0 Å². The lowest BCUT2D eigenvalue weighted by atomic mass is 9.94. The third kappa shape index (κ3) is 2.61. The summed E-state index contributed by atoms with van der Waals surface area (Å²) in [5.74, 6) is 0.297. The number of rotatable bonds is 2. The molecule has 0 bridgehead atoms. The van der Waals surface area contributed by atoms with Crippen molar-refractivity contribution in [2.75, 3.05) is 0 Å². The minimum absolute atomic E-state index is 0.00620. The number of fused-ring (bicyclic) bond motifs is 1. The van der Waals surface area contributed by atoms with Crippen molar-refractivity contribution in [2.45, 2.75) is 25.0 Å². The maximum absolute atomic E-state index is 13.3. The smallest absolute Gasteiger partial charge is 0.127 e. The predicted octanol–water partition coefficient (Wildman–Crippen LogP) is 3.22. The van der Waals surface area contributed by atoms with Crippen molar-refractivity contribution in [3.63, 3.8) is 0 Å². The van der Waals surface area contributed by atoms with E-state index < -0.39 is 0 Å². The van der Waals surface area contributed by atoms with Gasteiger partial charge in [-0.25, -0.2) is 4.39 Å². The molecule has 2 unspecified atom stereocenters. The maximum atomic E-state index is 13.3. The van der Waals surface area contributed by atoms with E-state index in [0.717, 1.165) is 18.4 Å². The quantitative estimate of drug-likeness (QED) is 0.896. The third-order valence-corrected chi connectivity index (χ3v) is 3.49. The highest BCUT2D eigenvalue weighted by Crippen LogP contribution is 2.34. The van der Waals surface area contributed by atoms with Gasteiger partial charge >= 0.3 is 0 Å². The number of halogens is 1. The van der Waals surface area contributed by atoms with E-state index in [1.54, 1.807) is 6.07 Å². The summed E-state index contributed by atoms with van der Waals surface area (Å²) in [7, 11) is 0. The van der Waals surface area contributed by atoms with Crippen LogP contribution in [0.25, 0.3) is 0 Å². The van der Waals surface area contributed by atoms with Crippen molar-refractivity contribution in [3.05, 3.63) is 65.5 Å². The normalized spacial score (nSPS) is 21.6. The van der Waals surface area contributed by atoms with Crippen molar-refractivity contribution in [1.82, 2.24) is 0 Å². The Morgan fingerprint density at radius 3 is 2.74 bits per heavy atom. The second-order valence-corrected chi connectivity index (χ2v) is 4.95. The molecule has 2 aromatic rings. The predicted molar refractivity (Wildman–Crippen MR) is 72.5 cm³/mol. The zero-order valence-electron chi connectivity index (χ0n) is 10.6. The van der Waals surface area contributed by atoms with E-state index in [4.69, 9.17) is 10.5 Å². The first-order valence-electron chi connectivity index (χ1n) is 6.48. The van der Waals surface area contributed by atoms with Gasteiger partial charge in [-0.15, -0.1) is 0 Å². The molecule has 19 heavy (non-hydrogen) atoms. The highest BCUT2D eigenvalue weighted by atomic mass is 19.1. The van der Waals surface area contributed by atoms with E-state index in [-0.39, 0.29) is 18.0 Å². The average Bonchev–Trinajstić information content (AvgIpc) is 2.39. The molecular formula is C16H16FNO. The van der Waals surface area contributed by atoms with Crippen molar-refractivity contribution in [3.8, 4) is 5.75 Å². The molecule has 2 nitrogen and oxygen atoms in total. The second-order valence-electron chi connectivity index (χ2n) is 4.95. The molecule has 1 aliphatic heterocycles. The summed E-state index contributed by atoms with van der Waals surface area (Å²) in [6.45, 7) is 0. The van der Waals surface area contributed by atoms with Gasteiger partial charge in [0.1, 0.15) is 17.7 Å². The molecule has 2 N–H and O–H groups in total. The lowest BCUT2D eigenvalue weighted by molar-refractivity contribution is 0.158. The van der Waals surface area contributed by atoms with Crippen molar-refractivity contribution >= 4 is 0 Å². The Kier molecular flexibility index (Phi) is 3.22. The molecular weight excluding hydrogens is 241 g/mol. The van der Waals surface area contributed by atoms with Crippen LogP contribution in [0, 0.1) is 5.82 Å². The molecule has 0 aliphatic carbocycles. The Hall–Kier alpha value is -1.87. The van der Waals surface area contributed by atoms with Gasteiger partial charge in [-0.2, -0.15) is 0 Å². The van der Waals surface area contributed by atoms with Crippen molar-refractivity contribution < 1.29 is 9.13 Å². The zero-order valence-corrected chi connectivity index (χ0v) is 10.6. The van der Waals surface area contributed by atoms with E-state index in [9.17, 15) is 4.39 Å². The van der Waals surface area contributed by atoms with Crippen LogP contribution in [0.2, 0.25) is 0 Å². The summed E-state index contributed by atoms with van der Waals surface area (Å²) >= 11 is 0. The Morgan fingerprint density at radius 2 is 1.95 bits per heavy atom. The highest BCUT2D eigenvalue weighted by Gasteiger charge is 2.26. The van der Waals surface area contributed by atoms with E-state index in [1.165, 1.54) is 17.7 Å². The Balaban J connectivity index is 1.81. The molecule has 1 aliphatic rings. The molecule has 1 heterocycles. The van der Waals surface area contributed by atoms with Crippen LogP contribution >= 0.6 is 0 Å². The summed E-state index contributed by atoms with van der Waals surface area (Å²) < 4.78 is 19.1. The molecule has 0 spiro atoms. The summed E-state index contributed by atoms with van der Waals surface area (Å²) in [4.78, 5) is 0. The lowest BCUT2D eigenvalue weighted by Crippen LogP contribution is -2.31. The Bertz CT molecular complexity index is 570. The van der Waals surface area contributed by atoms with Crippen LogP contribution in [-0.2, 0) is 6.42 Å². The number of hydrogen-bond acceptors (Lipinski definition) is 2. The molecule has 0 amide bonds. The number of hydrogen-bond donors (Lipinski definition) is 1. The summed E-state index contributed by atoms with van der Waals surface area (Å²) in [5, 5.41) is 0. The van der Waals surface area contributed by atoms with Gasteiger partial charge < -0.3 is 10.5 Å². The van der Waals surface area contributed by atoms with Crippen LogP contribution in [0.3, 0.4) is 0 Å². The SMILES string of the molecule is NC1CC(Cc2ccccc2)Oc2cc(F)ccc21. The minimum atomic E-state index is -0.286. The number of ether oxygens (including phenoxy) is 1. The molecule has 0 aromatic heterocycles. The number of benzene rings is 2. The molecule has 3 heteroatoms. The van der Waals surface area contributed by atoms with Crippen LogP contribution in [0.5, 0.6) is 5.75 Å². The van der Waals surface area contributed by atoms with Gasteiger partial charge in [-0.1, -0.05) is 36.4 Å². The first-order chi connectivity index (χ1) is 9.22. The molecule has 0 saturated carbocycles. The van der Waals surface area contributed by atoms with E-state index >= 15 is 0 Å². The number of nitrogens with two attached hydrogens (primary N) is 1. The first-order valence-corrected chi connectivity index (χ1v) is 6.48. The van der Waals surface area contributed by atoms with E-state index in [1.807, 2.05) is 18.2 Å². The molecule has 2 atom stereocenters. The van der Waals surface area contributed by atoms with Crippen LogP contribution in [-0.4, -0.2) is 6.10 Å². The van der Waals surface area contributed by atoms with E-state index in [0.29, 0.717) is 5.75 Å². The fourth-order valence-corrected chi connectivity index (χ4v) is 2.56. The zero-order chi connectivity index (χ0) is 13.2. The first kappa shape index (κ1) is 12.2. The van der Waals surface area contributed by atoms with E-state index in [2.05, 4.69) is 12.1 Å². The van der Waals surface area contributed by atoms with Gasteiger partial charge in [0, 0.05) is 30.5 Å². The van der Waals surface area contributed by atoms with Crippen molar-refractivity contribution in [1.29, 1.82) is 0 Å². The fraction of sp³-hybridized carbons (Fsp3) is 0.250. The molecule has 0 fully saturated rings. The molecule has 0 saturated heterocycles. The largest absolute Gasteiger partial charge is 0.490 e. The summed E-state index contributed by atoms with van der Waals surface area (Å²) in [6, 6.07) is 14.6. The van der Waals surface area contributed by atoms with Gasteiger partial charge in [0.15, 0.2) is 0 Å². The standard InChI is InChI=1S/C16H16FNO/c17-12-6-7-14-15(18)10-13(19-16(14)9-12)8-11-4-2-1-3-5-11/h1-7,9,13,15H,8,10,18H2. The summed E-state index contributed by atoms with van der Waals surface area (Å²) in [5.41, 5.74) is 8.24. The highest BCUT2D eigenvalue weighted by molar-refractivity contribution is 5.38. The lowest BCUT2D eigenvalue weighted by Gasteiger charge is -2.30. The summed E-state index contributed by atoms with van der Waals surface area (Å²) in [6.07, 6.45) is 1.56. The van der Waals surface area contributed by atoms with Crippen LogP contribution in [0.4, 0.5) is 4.39 Å². The van der Waals surface area contributed by atoms with Gasteiger partial charge in [-0.3, -0.25) is 0 Å². The second kappa shape index (κ2) is 5.02. The van der Waals surface area contributed by atoms with Gasteiger partial charge in [0.05, 0.1) is 0 Å². The van der Waals surface area contributed by atoms with Crippen LogP contribution in [0.1, 0.15) is 23.6 Å². The minimum Gasteiger partial charge on any atom is -0.490 e. The molecule has 0 radical (unpaired) electrons. The van der Waals surface area contributed by atoms with Crippen molar-refractivity contribution in [2.24, 2.45) is 5.73 Å². The van der Waals surface area contributed by atoms with Crippen LogP contribution < -0.4 is 10.5 Å². The average molecular weight is 257 g/mol.